The van der Waals surface area contributed by atoms with Gasteiger partial charge in [0.1, 0.15) is 0 Å². The minimum atomic E-state index is -0.250. The van der Waals surface area contributed by atoms with Gasteiger partial charge in [-0.2, -0.15) is 0 Å². The van der Waals surface area contributed by atoms with E-state index in [4.69, 9.17) is 0 Å². The highest BCUT2D eigenvalue weighted by atomic mass is 16.3. The van der Waals surface area contributed by atoms with Crippen molar-refractivity contribution < 1.29 is 9.90 Å². The van der Waals surface area contributed by atoms with Gasteiger partial charge >= 0.3 is 0 Å². The largest absolute Gasteiger partial charge is 0.396 e. The predicted molar refractivity (Wildman–Crippen MR) is 115 cm³/mol. The fraction of sp³-hybridized carbons (Fsp3) is 0.739. The first kappa shape index (κ1) is 22.2. The van der Waals surface area contributed by atoms with Crippen molar-refractivity contribution in [2.24, 2.45) is 11.3 Å². The average Bonchev–Trinajstić information content (AvgIpc) is 2.74. The summed E-state index contributed by atoms with van der Waals surface area (Å²) in [5, 5.41) is 9.51. The molecule has 1 unspecified atom stereocenters. The Morgan fingerprint density at radius 1 is 1.21 bits per heavy atom. The van der Waals surface area contributed by atoms with Crippen molar-refractivity contribution in [3.05, 3.63) is 30.1 Å². The number of amides is 1. The van der Waals surface area contributed by atoms with Crippen molar-refractivity contribution >= 4 is 5.91 Å². The van der Waals surface area contributed by atoms with Crippen LogP contribution in [0.4, 0.5) is 0 Å². The monoisotopic (exact) mass is 402 g/mol. The van der Waals surface area contributed by atoms with E-state index in [-0.39, 0.29) is 23.8 Å². The number of carbonyl (C=O) groups is 1. The van der Waals surface area contributed by atoms with E-state index in [0.29, 0.717) is 12.6 Å². The third kappa shape index (κ3) is 6.24. The molecule has 2 saturated heterocycles. The molecule has 29 heavy (non-hydrogen) atoms. The molecule has 1 aromatic heterocycles. The normalized spacial score (nSPS) is 22.6. The highest BCUT2D eigenvalue weighted by Crippen LogP contribution is 2.26. The lowest BCUT2D eigenvalue weighted by Gasteiger charge is -2.43. The number of nitrogens with zero attached hydrogens (tertiary/aromatic N) is 4. The molecule has 3 heterocycles. The number of hydrogen-bond acceptors (Lipinski definition) is 5. The number of rotatable bonds is 7. The summed E-state index contributed by atoms with van der Waals surface area (Å²) in [6, 6.07) is 4.79. The number of aromatic nitrogens is 1. The van der Waals surface area contributed by atoms with Gasteiger partial charge in [0.2, 0.25) is 5.91 Å². The first-order valence-electron chi connectivity index (χ1n) is 11.1. The summed E-state index contributed by atoms with van der Waals surface area (Å²) < 4.78 is 0. The van der Waals surface area contributed by atoms with E-state index in [1.165, 1.54) is 18.4 Å². The van der Waals surface area contributed by atoms with Gasteiger partial charge in [0, 0.05) is 57.1 Å². The molecular weight excluding hydrogens is 364 g/mol. The zero-order valence-corrected chi connectivity index (χ0v) is 18.4. The molecule has 0 saturated carbocycles. The van der Waals surface area contributed by atoms with Crippen LogP contribution in [0.15, 0.2) is 24.5 Å². The molecule has 0 radical (unpaired) electrons. The first-order chi connectivity index (χ1) is 13.9. The lowest BCUT2D eigenvalue weighted by atomic mass is 9.91. The maximum absolute atomic E-state index is 13.0. The van der Waals surface area contributed by atoms with Crippen LogP contribution in [-0.4, -0.2) is 83.1 Å². The van der Waals surface area contributed by atoms with Crippen LogP contribution in [0.25, 0.3) is 0 Å². The van der Waals surface area contributed by atoms with E-state index in [0.717, 1.165) is 45.6 Å². The van der Waals surface area contributed by atoms with Crippen LogP contribution in [-0.2, 0) is 11.3 Å². The van der Waals surface area contributed by atoms with Crippen molar-refractivity contribution in [1.29, 1.82) is 0 Å². The van der Waals surface area contributed by atoms with Crippen molar-refractivity contribution in [2.75, 3.05) is 46.4 Å². The molecule has 1 N–H and O–H groups in total. The van der Waals surface area contributed by atoms with E-state index in [9.17, 15) is 9.90 Å². The maximum Gasteiger partial charge on any atom is 0.226 e. The Hall–Kier alpha value is -1.50. The molecule has 1 atom stereocenters. The number of pyridine rings is 1. The van der Waals surface area contributed by atoms with Gasteiger partial charge in [-0.05, 0) is 63.0 Å². The number of carbonyl (C=O) groups excluding carboxylic acids is 1. The molecule has 3 rings (SSSR count). The molecule has 1 amide bonds. The third-order valence-electron chi connectivity index (χ3n) is 6.50. The summed E-state index contributed by atoms with van der Waals surface area (Å²) in [5.74, 6) is 0.337. The molecule has 162 valence electrons. The zero-order valence-electron chi connectivity index (χ0n) is 18.4. The molecule has 0 aliphatic carbocycles. The Labute approximate surface area is 175 Å². The van der Waals surface area contributed by atoms with Crippen LogP contribution in [0.5, 0.6) is 0 Å². The van der Waals surface area contributed by atoms with Crippen molar-refractivity contribution in [1.82, 2.24) is 19.7 Å². The summed E-state index contributed by atoms with van der Waals surface area (Å²) in [6.07, 6.45) is 8.18. The van der Waals surface area contributed by atoms with Crippen LogP contribution in [0.3, 0.4) is 0 Å². The van der Waals surface area contributed by atoms with Gasteiger partial charge in [-0.25, -0.2) is 0 Å². The van der Waals surface area contributed by atoms with Gasteiger partial charge in [0.15, 0.2) is 0 Å². The van der Waals surface area contributed by atoms with Crippen molar-refractivity contribution in [3.63, 3.8) is 0 Å². The Balaban J connectivity index is 1.48. The van der Waals surface area contributed by atoms with Crippen LogP contribution in [0.2, 0.25) is 0 Å². The van der Waals surface area contributed by atoms with Crippen molar-refractivity contribution in [2.45, 2.75) is 52.1 Å². The van der Waals surface area contributed by atoms with Gasteiger partial charge in [0.25, 0.3) is 0 Å². The van der Waals surface area contributed by atoms with Gasteiger partial charge < -0.3 is 10.0 Å². The standard InChI is InChI=1S/C23H38N4O2/c1-23(2,18-28)17-25(3)22(29)20-5-4-12-27(16-20)21-8-13-26(14-9-21)15-19-6-10-24-11-7-19/h6-7,10-11,20-21,28H,4-5,8-9,12-18H2,1-3H3. The van der Waals surface area contributed by atoms with E-state index >= 15 is 0 Å². The van der Waals surface area contributed by atoms with Gasteiger partial charge in [-0.1, -0.05) is 13.8 Å². The average molecular weight is 403 g/mol. The second-order valence-corrected chi connectivity index (χ2v) is 9.71. The Kier molecular flexibility index (Phi) is 7.66. The first-order valence-corrected chi connectivity index (χ1v) is 11.1. The van der Waals surface area contributed by atoms with Gasteiger partial charge in [-0.15, -0.1) is 0 Å². The van der Waals surface area contributed by atoms with Crippen LogP contribution in [0.1, 0.15) is 45.1 Å². The number of piperidine rings is 2. The molecular formula is C23H38N4O2. The molecule has 6 nitrogen and oxygen atoms in total. The molecule has 1 aromatic rings. The molecule has 6 heteroatoms. The fourth-order valence-corrected chi connectivity index (χ4v) is 4.81. The minimum absolute atomic E-state index is 0.0955. The molecule has 0 aromatic carbocycles. The van der Waals surface area contributed by atoms with Gasteiger partial charge in [0.05, 0.1) is 5.92 Å². The van der Waals surface area contributed by atoms with Crippen molar-refractivity contribution in [3.8, 4) is 0 Å². The van der Waals surface area contributed by atoms with E-state index in [1.807, 2.05) is 38.2 Å². The summed E-state index contributed by atoms with van der Waals surface area (Å²) in [5.41, 5.74) is 1.08. The van der Waals surface area contributed by atoms with Crippen LogP contribution < -0.4 is 0 Å². The quantitative estimate of drug-likeness (QED) is 0.758. The zero-order chi connectivity index (χ0) is 20.9. The Bertz CT molecular complexity index is 644. The SMILES string of the molecule is CN(CC(C)(C)CO)C(=O)C1CCCN(C2CCN(Cc3ccncc3)CC2)C1. The second kappa shape index (κ2) is 10.0. The van der Waals surface area contributed by atoms with E-state index in [1.54, 1.807) is 0 Å². The maximum atomic E-state index is 13.0. The Morgan fingerprint density at radius 3 is 2.55 bits per heavy atom. The number of likely N-dealkylation sites (tertiary alicyclic amines) is 2. The molecule has 0 bridgehead atoms. The number of hydrogen-bond donors (Lipinski definition) is 1. The lowest BCUT2D eigenvalue weighted by Crippen LogP contribution is -2.51. The summed E-state index contributed by atoms with van der Waals surface area (Å²) in [4.78, 5) is 24.0. The summed E-state index contributed by atoms with van der Waals surface area (Å²) in [6.45, 7) is 9.95. The molecule has 2 fully saturated rings. The second-order valence-electron chi connectivity index (χ2n) is 9.71. The number of aliphatic hydroxyl groups excluding tert-OH is 1. The molecule has 2 aliphatic rings. The van der Waals surface area contributed by atoms with Gasteiger partial charge in [-0.3, -0.25) is 19.6 Å². The van der Waals surface area contributed by atoms with Crippen LogP contribution >= 0.6 is 0 Å². The lowest BCUT2D eigenvalue weighted by molar-refractivity contribution is -0.138. The predicted octanol–water partition coefficient (Wildman–Crippen LogP) is 2.23. The Morgan fingerprint density at radius 2 is 1.90 bits per heavy atom. The number of aliphatic hydroxyl groups is 1. The summed E-state index contributed by atoms with van der Waals surface area (Å²) >= 11 is 0. The van der Waals surface area contributed by atoms with E-state index < -0.39 is 0 Å². The summed E-state index contributed by atoms with van der Waals surface area (Å²) in [7, 11) is 1.89. The minimum Gasteiger partial charge on any atom is -0.396 e. The molecule has 2 aliphatic heterocycles. The smallest absolute Gasteiger partial charge is 0.226 e. The van der Waals surface area contributed by atoms with Crippen LogP contribution in [0, 0.1) is 11.3 Å². The highest BCUT2D eigenvalue weighted by Gasteiger charge is 2.33. The fourth-order valence-electron chi connectivity index (χ4n) is 4.81. The molecule has 0 spiro atoms. The third-order valence-corrected chi connectivity index (χ3v) is 6.50. The highest BCUT2D eigenvalue weighted by molar-refractivity contribution is 5.79. The topological polar surface area (TPSA) is 59.9 Å². The van der Waals surface area contributed by atoms with E-state index in [2.05, 4.69) is 26.9 Å².